The molecule has 4 nitrogen and oxygen atoms in total. The molecule has 2 N–H and O–H groups in total. The van der Waals surface area contributed by atoms with Crippen LogP contribution in [-0.4, -0.2) is 16.5 Å². The average molecular weight is 288 g/mol. The van der Waals surface area contributed by atoms with Crippen LogP contribution >= 0.6 is 11.6 Å². The number of methoxy groups -OCH3 is 1. The summed E-state index contributed by atoms with van der Waals surface area (Å²) in [5.41, 5.74) is 9.50. The minimum absolute atomic E-state index is 0.548. The fourth-order valence-corrected chi connectivity index (χ4v) is 2.46. The maximum absolute atomic E-state index is 6.20. The fourth-order valence-electron chi connectivity index (χ4n) is 2.26. The molecule has 0 saturated heterocycles. The quantitative estimate of drug-likeness (QED) is 0.784. The number of halogens is 1. The van der Waals surface area contributed by atoms with Crippen LogP contribution in [0.25, 0.3) is 16.9 Å². The van der Waals surface area contributed by atoms with Gasteiger partial charge in [-0.3, -0.25) is 4.40 Å². The van der Waals surface area contributed by atoms with Crippen LogP contribution in [0.1, 0.15) is 5.56 Å². The standard InChI is InChI=1S/C15H14ClN3O/c1-9-5-6-12(20-2)10(8-9)13-14(17)19-7-3-4-11(16)15(19)18-13/h3-8H,17H2,1-2H3. The number of aromatic nitrogens is 2. The summed E-state index contributed by atoms with van der Waals surface area (Å²) >= 11 is 6.16. The Balaban J connectivity index is 2.33. The highest BCUT2D eigenvalue weighted by Gasteiger charge is 2.16. The third kappa shape index (κ3) is 1.89. The van der Waals surface area contributed by atoms with Gasteiger partial charge in [0.2, 0.25) is 0 Å². The van der Waals surface area contributed by atoms with Crippen molar-refractivity contribution >= 4 is 23.1 Å². The monoisotopic (exact) mass is 287 g/mol. The largest absolute Gasteiger partial charge is 0.496 e. The molecule has 0 unspecified atom stereocenters. The van der Waals surface area contributed by atoms with Crippen molar-refractivity contribution < 1.29 is 4.74 Å². The van der Waals surface area contributed by atoms with Crippen LogP contribution in [0.4, 0.5) is 5.82 Å². The van der Waals surface area contributed by atoms with Crippen molar-refractivity contribution in [2.75, 3.05) is 12.8 Å². The van der Waals surface area contributed by atoms with Gasteiger partial charge >= 0.3 is 0 Å². The first-order chi connectivity index (χ1) is 9.61. The van der Waals surface area contributed by atoms with E-state index >= 15 is 0 Å². The molecule has 0 aliphatic carbocycles. The predicted molar refractivity (Wildman–Crippen MR) is 81.3 cm³/mol. The summed E-state index contributed by atoms with van der Waals surface area (Å²) in [5, 5.41) is 0.567. The first-order valence-corrected chi connectivity index (χ1v) is 6.56. The van der Waals surface area contributed by atoms with Gasteiger partial charge in [-0.15, -0.1) is 0 Å². The molecule has 102 valence electrons. The number of rotatable bonds is 2. The van der Waals surface area contributed by atoms with Crippen molar-refractivity contribution in [1.82, 2.24) is 9.38 Å². The second-order valence-corrected chi connectivity index (χ2v) is 5.01. The number of anilines is 1. The van der Waals surface area contributed by atoms with Gasteiger partial charge in [0.15, 0.2) is 5.65 Å². The molecule has 2 heterocycles. The first kappa shape index (κ1) is 12.8. The highest BCUT2D eigenvalue weighted by molar-refractivity contribution is 6.33. The van der Waals surface area contributed by atoms with Crippen LogP contribution in [-0.2, 0) is 0 Å². The van der Waals surface area contributed by atoms with Gasteiger partial charge in [-0.2, -0.15) is 0 Å². The van der Waals surface area contributed by atoms with Gasteiger partial charge in [-0.05, 0) is 31.2 Å². The van der Waals surface area contributed by atoms with E-state index in [0.717, 1.165) is 16.9 Å². The maximum Gasteiger partial charge on any atom is 0.157 e. The zero-order valence-corrected chi connectivity index (χ0v) is 12.0. The molecule has 0 saturated carbocycles. The molecule has 0 aliphatic heterocycles. The van der Waals surface area contributed by atoms with E-state index in [1.807, 2.05) is 37.4 Å². The number of imidazole rings is 1. The molecule has 0 atom stereocenters. The molecule has 0 spiro atoms. The Kier molecular flexibility index (Phi) is 3.03. The number of aryl methyl sites for hydroxylation is 1. The van der Waals surface area contributed by atoms with Gasteiger partial charge in [0.1, 0.15) is 17.3 Å². The normalized spacial score (nSPS) is 10.9. The summed E-state index contributed by atoms with van der Waals surface area (Å²) in [6.07, 6.45) is 1.84. The van der Waals surface area contributed by atoms with E-state index in [-0.39, 0.29) is 0 Å². The molecule has 5 heteroatoms. The van der Waals surface area contributed by atoms with E-state index in [9.17, 15) is 0 Å². The molecule has 20 heavy (non-hydrogen) atoms. The van der Waals surface area contributed by atoms with Crippen molar-refractivity contribution in [3.05, 3.63) is 47.1 Å². The lowest BCUT2D eigenvalue weighted by molar-refractivity contribution is 0.416. The van der Waals surface area contributed by atoms with Crippen molar-refractivity contribution in [1.29, 1.82) is 0 Å². The van der Waals surface area contributed by atoms with Crippen molar-refractivity contribution in [2.24, 2.45) is 0 Å². The number of hydrogen-bond donors (Lipinski definition) is 1. The highest BCUT2D eigenvalue weighted by atomic mass is 35.5. The molecule has 0 bridgehead atoms. The van der Waals surface area contributed by atoms with Gasteiger partial charge < -0.3 is 10.5 Å². The SMILES string of the molecule is COc1ccc(C)cc1-c1nc2c(Cl)cccn2c1N. The number of fused-ring (bicyclic) bond motifs is 1. The smallest absolute Gasteiger partial charge is 0.157 e. The summed E-state index contributed by atoms with van der Waals surface area (Å²) in [4.78, 5) is 4.56. The average Bonchev–Trinajstić information content (AvgIpc) is 2.78. The van der Waals surface area contributed by atoms with Crippen molar-refractivity contribution in [2.45, 2.75) is 6.92 Å². The summed E-state index contributed by atoms with van der Waals surface area (Å²) < 4.78 is 7.18. The van der Waals surface area contributed by atoms with Crippen LogP contribution in [0.15, 0.2) is 36.5 Å². The Labute approximate surface area is 121 Å². The molecule has 3 rings (SSSR count). The molecule has 0 amide bonds. The van der Waals surface area contributed by atoms with Gasteiger partial charge in [0, 0.05) is 11.8 Å². The second-order valence-electron chi connectivity index (χ2n) is 4.60. The maximum atomic E-state index is 6.20. The molecule has 1 aromatic carbocycles. The lowest BCUT2D eigenvalue weighted by atomic mass is 10.1. The van der Waals surface area contributed by atoms with E-state index in [1.165, 1.54) is 0 Å². The third-order valence-corrected chi connectivity index (χ3v) is 3.54. The fraction of sp³-hybridized carbons (Fsp3) is 0.133. The molecular weight excluding hydrogens is 274 g/mol. The Morgan fingerprint density at radius 1 is 1.30 bits per heavy atom. The van der Waals surface area contributed by atoms with E-state index in [0.29, 0.717) is 22.2 Å². The number of nitrogens with two attached hydrogens (primary N) is 1. The zero-order chi connectivity index (χ0) is 14.3. The Hall–Kier alpha value is -2.20. The predicted octanol–water partition coefficient (Wildman–Crippen LogP) is 3.55. The topological polar surface area (TPSA) is 52.5 Å². The Morgan fingerprint density at radius 3 is 2.80 bits per heavy atom. The summed E-state index contributed by atoms with van der Waals surface area (Å²) in [5.74, 6) is 1.29. The lowest BCUT2D eigenvalue weighted by Gasteiger charge is -2.08. The van der Waals surface area contributed by atoms with Crippen molar-refractivity contribution in [3.8, 4) is 17.0 Å². The van der Waals surface area contributed by atoms with Crippen LogP contribution in [0, 0.1) is 6.92 Å². The van der Waals surface area contributed by atoms with Gasteiger partial charge in [-0.1, -0.05) is 23.2 Å². The number of benzene rings is 1. The number of pyridine rings is 1. The molecule has 2 aromatic heterocycles. The van der Waals surface area contributed by atoms with Crippen LogP contribution in [0.3, 0.4) is 0 Å². The lowest BCUT2D eigenvalue weighted by Crippen LogP contribution is -1.95. The number of hydrogen-bond acceptors (Lipinski definition) is 3. The van der Waals surface area contributed by atoms with E-state index < -0.39 is 0 Å². The number of ether oxygens (including phenoxy) is 1. The summed E-state index contributed by atoms with van der Waals surface area (Å²) in [6.45, 7) is 2.02. The Morgan fingerprint density at radius 2 is 2.10 bits per heavy atom. The summed E-state index contributed by atoms with van der Waals surface area (Å²) in [7, 11) is 1.63. The van der Waals surface area contributed by atoms with E-state index in [2.05, 4.69) is 4.98 Å². The zero-order valence-electron chi connectivity index (χ0n) is 11.2. The minimum atomic E-state index is 0.548. The Bertz CT molecular complexity index is 795. The minimum Gasteiger partial charge on any atom is -0.496 e. The van der Waals surface area contributed by atoms with Gasteiger partial charge in [-0.25, -0.2) is 4.98 Å². The molecule has 3 aromatic rings. The van der Waals surface area contributed by atoms with Crippen molar-refractivity contribution in [3.63, 3.8) is 0 Å². The second kappa shape index (κ2) is 4.72. The van der Waals surface area contributed by atoms with Gasteiger partial charge in [0.25, 0.3) is 0 Å². The summed E-state index contributed by atoms with van der Waals surface area (Å²) in [6, 6.07) is 9.53. The van der Waals surface area contributed by atoms with Crippen LogP contribution in [0.5, 0.6) is 5.75 Å². The van der Waals surface area contributed by atoms with Gasteiger partial charge in [0.05, 0.1) is 12.1 Å². The van der Waals surface area contributed by atoms with E-state index in [4.69, 9.17) is 22.1 Å². The number of nitrogen functional groups attached to an aromatic ring is 1. The third-order valence-electron chi connectivity index (χ3n) is 3.25. The first-order valence-electron chi connectivity index (χ1n) is 6.19. The van der Waals surface area contributed by atoms with E-state index in [1.54, 1.807) is 17.6 Å². The van der Waals surface area contributed by atoms with Crippen LogP contribution < -0.4 is 10.5 Å². The highest BCUT2D eigenvalue weighted by Crippen LogP contribution is 2.35. The molecule has 0 aliphatic rings. The number of nitrogens with zero attached hydrogens (tertiary/aromatic N) is 2. The molecule has 0 fully saturated rings. The molecular formula is C15H14ClN3O. The molecule has 0 radical (unpaired) electrons. The van der Waals surface area contributed by atoms with Crippen LogP contribution in [0.2, 0.25) is 5.02 Å².